The van der Waals surface area contributed by atoms with Crippen molar-refractivity contribution < 1.29 is 18.7 Å². The number of aromatic nitrogens is 2. The number of amides is 1. The third-order valence-corrected chi connectivity index (χ3v) is 3.79. The van der Waals surface area contributed by atoms with Crippen LogP contribution in [0.1, 0.15) is 42.0 Å². The topological polar surface area (TPSA) is 86.4 Å². The summed E-state index contributed by atoms with van der Waals surface area (Å²) >= 11 is 0. The Morgan fingerprint density at radius 2 is 2.17 bits per heavy atom. The van der Waals surface area contributed by atoms with E-state index in [1.54, 1.807) is 29.2 Å². The minimum absolute atomic E-state index is 0.0841. The first-order valence-electron chi connectivity index (χ1n) is 7.73. The van der Waals surface area contributed by atoms with E-state index in [4.69, 9.17) is 9.15 Å². The normalized spacial score (nSPS) is 14.8. The molecule has 2 aromatic heterocycles. The molecule has 1 aliphatic rings. The van der Waals surface area contributed by atoms with E-state index in [1.165, 1.54) is 6.07 Å². The SMILES string of the molecule is O=C(COC(=O)c1ccc(Cn2cccn2)o1)NC1CCCC1. The predicted octanol–water partition coefficient (Wildman–Crippen LogP) is 1.74. The number of esters is 1. The van der Waals surface area contributed by atoms with Crippen LogP contribution in [0.3, 0.4) is 0 Å². The fourth-order valence-corrected chi connectivity index (χ4v) is 2.67. The molecular formula is C16H19N3O4. The summed E-state index contributed by atoms with van der Waals surface area (Å²) in [5, 5.41) is 6.92. The van der Waals surface area contributed by atoms with Crippen molar-refractivity contribution in [3.8, 4) is 0 Å². The van der Waals surface area contributed by atoms with Gasteiger partial charge in [-0.2, -0.15) is 5.10 Å². The molecule has 0 radical (unpaired) electrons. The van der Waals surface area contributed by atoms with Crippen LogP contribution in [0.4, 0.5) is 0 Å². The molecule has 7 nitrogen and oxygen atoms in total. The lowest BCUT2D eigenvalue weighted by Crippen LogP contribution is -2.35. The Hall–Kier alpha value is -2.57. The molecule has 2 heterocycles. The molecule has 1 amide bonds. The highest BCUT2D eigenvalue weighted by Gasteiger charge is 2.19. The Balaban J connectivity index is 1.46. The van der Waals surface area contributed by atoms with Gasteiger partial charge in [-0.25, -0.2) is 4.79 Å². The third kappa shape index (κ3) is 4.21. The molecule has 0 unspecified atom stereocenters. The van der Waals surface area contributed by atoms with E-state index in [9.17, 15) is 9.59 Å². The maximum Gasteiger partial charge on any atom is 0.374 e. The van der Waals surface area contributed by atoms with Crippen molar-refractivity contribution in [2.45, 2.75) is 38.3 Å². The molecule has 7 heteroatoms. The van der Waals surface area contributed by atoms with Gasteiger partial charge in [-0.15, -0.1) is 0 Å². The summed E-state index contributed by atoms with van der Waals surface area (Å²) in [6.45, 7) is 0.146. The molecule has 0 bridgehead atoms. The average Bonchev–Trinajstić information content (AvgIpc) is 3.27. The second kappa shape index (κ2) is 7.13. The fourth-order valence-electron chi connectivity index (χ4n) is 2.67. The van der Waals surface area contributed by atoms with Gasteiger partial charge in [-0.05, 0) is 31.0 Å². The number of hydrogen-bond acceptors (Lipinski definition) is 5. The minimum atomic E-state index is -0.640. The van der Waals surface area contributed by atoms with Crippen LogP contribution in [-0.2, 0) is 16.1 Å². The summed E-state index contributed by atoms with van der Waals surface area (Å²) < 4.78 is 12.1. The summed E-state index contributed by atoms with van der Waals surface area (Å²) in [7, 11) is 0. The highest BCUT2D eigenvalue weighted by atomic mass is 16.5. The number of hydrogen-bond donors (Lipinski definition) is 1. The Bertz CT molecular complexity index is 657. The molecule has 0 aromatic carbocycles. The second-order valence-electron chi connectivity index (χ2n) is 5.59. The van der Waals surface area contributed by atoms with Crippen molar-refractivity contribution in [3.05, 3.63) is 42.1 Å². The number of nitrogens with zero attached hydrogens (tertiary/aromatic N) is 2. The van der Waals surface area contributed by atoms with E-state index in [0.717, 1.165) is 25.7 Å². The monoisotopic (exact) mass is 317 g/mol. The second-order valence-corrected chi connectivity index (χ2v) is 5.59. The van der Waals surface area contributed by atoms with Gasteiger partial charge in [0.25, 0.3) is 5.91 Å². The molecular weight excluding hydrogens is 298 g/mol. The lowest BCUT2D eigenvalue weighted by Gasteiger charge is -2.11. The standard InChI is InChI=1S/C16H19N3O4/c20-15(18-12-4-1-2-5-12)11-22-16(21)14-7-6-13(23-14)10-19-9-3-8-17-19/h3,6-9,12H,1-2,4-5,10-11H2,(H,18,20). The molecule has 1 N–H and O–H groups in total. The molecule has 1 saturated carbocycles. The number of carbonyl (C=O) groups is 2. The zero-order chi connectivity index (χ0) is 16.1. The number of rotatable bonds is 6. The molecule has 0 saturated heterocycles. The molecule has 3 rings (SSSR count). The Morgan fingerprint density at radius 1 is 1.35 bits per heavy atom. The molecule has 0 aliphatic heterocycles. The van der Waals surface area contributed by atoms with Crippen LogP contribution in [-0.4, -0.2) is 34.3 Å². The molecule has 23 heavy (non-hydrogen) atoms. The van der Waals surface area contributed by atoms with E-state index in [-0.39, 0.29) is 24.3 Å². The van der Waals surface area contributed by atoms with Crippen molar-refractivity contribution in [2.75, 3.05) is 6.61 Å². The number of ether oxygens (including phenoxy) is 1. The molecule has 122 valence electrons. The van der Waals surface area contributed by atoms with Crippen molar-refractivity contribution in [2.24, 2.45) is 0 Å². The number of carbonyl (C=O) groups excluding carboxylic acids is 2. The Labute approximate surface area is 133 Å². The highest BCUT2D eigenvalue weighted by Crippen LogP contribution is 2.17. The zero-order valence-electron chi connectivity index (χ0n) is 12.7. The van der Waals surface area contributed by atoms with E-state index in [2.05, 4.69) is 10.4 Å². The van der Waals surface area contributed by atoms with Crippen LogP contribution < -0.4 is 5.32 Å². The highest BCUT2D eigenvalue weighted by molar-refractivity contribution is 5.88. The molecule has 2 aromatic rings. The molecule has 0 spiro atoms. The van der Waals surface area contributed by atoms with E-state index >= 15 is 0 Å². The van der Waals surface area contributed by atoms with Crippen LogP contribution in [0.15, 0.2) is 35.0 Å². The summed E-state index contributed by atoms with van der Waals surface area (Å²) in [5.74, 6) is -0.233. The summed E-state index contributed by atoms with van der Waals surface area (Å²) in [4.78, 5) is 23.6. The van der Waals surface area contributed by atoms with Crippen LogP contribution in [0, 0.1) is 0 Å². The van der Waals surface area contributed by atoms with Gasteiger partial charge in [-0.1, -0.05) is 12.8 Å². The molecule has 1 fully saturated rings. The number of furan rings is 1. The first-order chi connectivity index (χ1) is 11.2. The Morgan fingerprint density at radius 3 is 2.91 bits per heavy atom. The van der Waals surface area contributed by atoms with Gasteiger partial charge in [0.2, 0.25) is 5.76 Å². The van der Waals surface area contributed by atoms with Crippen molar-refractivity contribution in [1.82, 2.24) is 15.1 Å². The van der Waals surface area contributed by atoms with Crippen molar-refractivity contribution >= 4 is 11.9 Å². The first-order valence-corrected chi connectivity index (χ1v) is 7.73. The van der Waals surface area contributed by atoms with Crippen LogP contribution >= 0.6 is 0 Å². The summed E-state index contributed by atoms with van der Waals surface area (Å²) in [5.41, 5.74) is 0. The number of nitrogens with one attached hydrogen (secondary N) is 1. The van der Waals surface area contributed by atoms with Gasteiger partial charge in [0.05, 0.1) is 6.54 Å². The van der Waals surface area contributed by atoms with Crippen molar-refractivity contribution in [1.29, 1.82) is 0 Å². The maximum atomic E-state index is 11.9. The minimum Gasteiger partial charge on any atom is -0.452 e. The van der Waals surface area contributed by atoms with Crippen LogP contribution in [0.5, 0.6) is 0 Å². The lowest BCUT2D eigenvalue weighted by molar-refractivity contribution is -0.124. The zero-order valence-corrected chi connectivity index (χ0v) is 12.7. The quantitative estimate of drug-likeness (QED) is 0.820. The molecule has 0 atom stereocenters. The van der Waals surface area contributed by atoms with Gasteiger partial charge in [-0.3, -0.25) is 9.48 Å². The van der Waals surface area contributed by atoms with Gasteiger partial charge >= 0.3 is 5.97 Å². The van der Waals surface area contributed by atoms with E-state index in [1.807, 2.05) is 0 Å². The van der Waals surface area contributed by atoms with Gasteiger partial charge in [0, 0.05) is 18.4 Å². The summed E-state index contributed by atoms with van der Waals surface area (Å²) in [6, 6.07) is 5.25. The average molecular weight is 317 g/mol. The fraction of sp³-hybridized carbons (Fsp3) is 0.438. The van der Waals surface area contributed by atoms with Gasteiger partial charge < -0.3 is 14.5 Å². The summed E-state index contributed by atoms with van der Waals surface area (Å²) in [6.07, 6.45) is 7.73. The smallest absolute Gasteiger partial charge is 0.374 e. The largest absolute Gasteiger partial charge is 0.452 e. The maximum absolute atomic E-state index is 11.9. The Kier molecular flexibility index (Phi) is 4.75. The van der Waals surface area contributed by atoms with Crippen LogP contribution in [0.25, 0.3) is 0 Å². The lowest BCUT2D eigenvalue weighted by atomic mass is 10.2. The van der Waals surface area contributed by atoms with Crippen molar-refractivity contribution in [3.63, 3.8) is 0 Å². The van der Waals surface area contributed by atoms with Gasteiger partial charge in [0.1, 0.15) is 5.76 Å². The van der Waals surface area contributed by atoms with Gasteiger partial charge in [0.15, 0.2) is 6.61 Å². The van der Waals surface area contributed by atoms with Crippen LogP contribution in [0.2, 0.25) is 0 Å². The molecule has 1 aliphatic carbocycles. The first kappa shape index (κ1) is 15.3. The predicted molar refractivity (Wildman–Crippen MR) is 80.7 cm³/mol. The van der Waals surface area contributed by atoms with E-state index < -0.39 is 5.97 Å². The van der Waals surface area contributed by atoms with E-state index in [0.29, 0.717) is 12.3 Å². The third-order valence-electron chi connectivity index (χ3n) is 3.79.